The third kappa shape index (κ3) is 5.20. The van der Waals surface area contributed by atoms with Crippen LogP contribution in [0.15, 0.2) is 36.4 Å². The molecule has 0 bridgehead atoms. The summed E-state index contributed by atoms with van der Waals surface area (Å²) in [5, 5.41) is 13.8. The predicted octanol–water partition coefficient (Wildman–Crippen LogP) is 5.04. The molecule has 0 spiro atoms. The summed E-state index contributed by atoms with van der Waals surface area (Å²) >= 11 is 7.23. The van der Waals surface area contributed by atoms with Crippen LogP contribution in [0.4, 0.5) is 17.6 Å². The number of ether oxygens (including phenoxy) is 2. The van der Waals surface area contributed by atoms with E-state index in [0.717, 1.165) is 23.2 Å². The highest BCUT2D eigenvalue weighted by Crippen LogP contribution is 2.48. The molecule has 2 aromatic heterocycles. The van der Waals surface area contributed by atoms with Crippen molar-refractivity contribution in [2.45, 2.75) is 37.5 Å². The van der Waals surface area contributed by atoms with Crippen LogP contribution in [-0.4, -0.2) is 53.3 Å². The fourth-order valence-corrected chi connectivity index (χ4v) is 5.91. The van der Waals surface area contributed by atoms with E-state index < -0.39 is 47.1 Å². The van der Waals surface area contributed by atoms with Crippen LogP contribution >= 0.6 is 22.9 Å². The largest absolute Gasteiger partial charge is 0.494 e. The van der Waals surface area contributed by atoms with E-state index in [1.165, 1.54) is 43.6 Å². The number of hydrogen-bond donors (Lipinski definition) is 3. The summed E-state index contributed by atoms with van der Waals surface area (Å²) in [6, 6.07) is 6.99. The van der Waals surface area contributed by atoms with Crippen molar-refractivity contribution in [3.63, 3.8) is 0 Å². The van der Waals surface area contributed by atoms with Crippen molar-refractivity contribution < 1.29 is 41.7 Å². The average molecular weight is 653 g/mol. The number of nitrogens with one attached hydrogen (secondary N) is 1. The molecule has 0 radical (unpaired) electrons. The average Bonchev–Trinajstić information content (AvgIpc) is 3.57. The maximum atomic E-state index is 14.7. The molecule has 5 rings (SSSR count). The second-order valence-corrected chi connectivity index (χ2v) is 11.9. The van der Waals surface area contributed by atoms with Crippen LogP contribution in [0.5, 0.6) is 11.5 Å². The van der Waals surface area contributed by atoms with Crippen LogP contribution in [0.3, 0.4) is 0 Å². The second-order valence-electron chi connectivity index (χ2n) is 10.4. The van der Waals surface area contributed by atoms with E-state index in [4.69, 9.17) is 26.8 Å². The van der Waals surface area contributed by atoms with Crippen LogP contribution in [0.25, 0.3) is 21.5 Å². The van der Waals surface area contributed by atoms with Gasteiger partial charge in [0.15, 0.2) is 0 Å². The van der Waals surface area contributed by atoms with Gasteiger partial charge in [-0.15, -0.1) is 11.3 Å². The van der Waals surface area contributed by atoms with Crippen molar-refractivity contribution >= 4 is 45.0 Å². The molecule has 2 atom stereocenters. The second kappa shape index (κ2) is 11.2. The topological polar surface area (TPSA) is 137 Å². The Kier molecular flexibility index (Phi) is 7.97. The zero-order chi connectivity index (χ0) is 32.2. The van der Waals surface area contributed by atoms with Gasteiger partial charge in [0.1, 0.15) is 40.5 Å². The van der Waals surface area contributed by atoms with E-state index in [1.807, 2.05) is 6.92 Å². The van der Waals surface area contributed by atoms with Crippen LogP contribution in [-0.2, 0) is 22.2 Å². The number of nitrogens with zero attached hydrogens (tertiary/aromatic N) is 2. The lowest BCUT2D eigenvalue weighted by molar-refractivity contribution is -0.265. The number of carbonyl (C=O) groups excluding carboxylic acids is 2. The molecule has 0 saturated heterocycles. The summed E-state index contributed by atoms with van der Waals surface area (Å²) in [5.41, 5.74) is -0.509. The van der Waals surface area contributed by atoms with Crippen molar-refractivity contribution in [2.75, 3.05) is 20.3 Å². The summed E-state index contributed by atoms with van der Waals surface area (Å²) in [7, 11) is 1.37. The van der Waals surface area contributed by atoms with E-state index in [-0.39, 0.29) is 45.5 Å². The molecule has 2 aromatic carbocycles. The molecule has 0 aliphatic carbocycles. The Balaban J connectivity index is 1.59. The number of aryl methyl sites for hydroxylation is 1. The number of nitrogens with two attached hydrogens (primary N) is 1. The van der Waals surface area contributed by atoms with Crippen LogP contribution in [0.2, 0.25) is 5.02 Å². The first-order valence-corrected chi connectivity index (χ1v) is 14.3. The molecule has 232 valence electrons. The number of aromatic nitrogens is 2. The highest BCUT2D eigenvalue weighted by atomic mass is 35.5. The molecule has 0 unspecified atom stereocenters. The number of primary amides is 1. The molecule has 44 heavy (non-hydrogen) atoms. The quantitative estimate of drug-likeness (QED) is 0.227. The Morgan fingerprint density at radius 1 is 1.23 bits per heavy atom. The summed E-state index contributed by atoms with van der Waals surface area (Å²) < 4.78 is 69.6. The molecule has 1 aliphatic rings. The minimum Gasteiger partial charge on any atom is -0.494 e. The number of benzene rings is 2. The van der Waals surface area contributed by atoms with Crippen LogP contribution in [0.1, 0.15) is 40.5 Å². The van der Waals surface area contributed by atoms with Gasteiger partial charge in [-0.25, -0.2) is 14.4 Å². The summed E-state index contributed by atoms with van der Waals surface area (Å²) in [5.74, 6) is -2.46. The highest BCUT2D eigenvalue weighted by molar-refractivity contribution is 7.18. The zero-order valence-corrected chi connectivity index (χ0v) is 25.0. The van der Waals surface area contributed by atoms with Gasteiger partial charge in [0.2, 0.25) is 11.5 Å². The number of halogens is 5. The Morgan fingerprint density at radius 3 is 2.57 bits per heavy atom. The van der Waals surface area contributed by atoms with Crippen molar-refractivity contribution in [3.05, 3.63) is 69.1 Å². The monoisotopic (exact) mass is 652 g/mol. The van der Waals surface area contributed by atoms with Crippen molar-refractivity contribution in [2.24, 2.45) is 5.73 Å². The van der Waals surface area contributed by atoms with Gasteiger partial charge in [0.05, 0.1) is 34.1 Å². The van der Waals surface area contributed by atoms with Crippen molar-refractivity contribution in [1.82, 2.24) is 15.3 Å². The first-order valence-electron chi connectivity index (χ1n) is 13.1. The number of fused-ring (bicyclic) bond motifs is 2. The van der Waals surface area contributed by atoms with Gasteiger partial charge in [-0.1, -0.05) is 18.5 Å². The SMILES string of the molecule is CCc1nc2c(OC)cc(C(=O)NC[C@](O)(c3cc4c(c(-c5ccc(F)c(Cl)c5)n3)OC[C@]4(C)C(N)=O)C(F)(F)F)cc2s1. The Hall–Kier alpha value is -4.01. The van der Waals surface area contributed by atoms with Crippen molar-refractivity contribution in [3.8, 4) is 22.8 Å². The lowest BCUT2D eigenvalue weighted by Gasteiger charge is -2.31. The van der Waals surface area contributed by atoms with Gasteiger partial charge in [-0.05, 0) is 49.7 Å². The number of methoxy groups -OCH3 is 1. The number of aliphatic hydroxyl groups is 1. The molecule has 1 aliphatic heterocycles. The van der Waals surface area contributed by atoms with Crippen LogP contribution in [0, 0.1) is 5.82 Å². The third-order valence-electron chi connectivity index (χ3n) is 7.50. The smallest absolute Gasteiger partial charge is 0.424 e. The maximum Gasteiger partial charge on any atom is 0.424 e. The summed E-state index contributed by atoms with van der Waals surface area (Å²) in [6.07, 6.45) is -4.75. The molecule has 9 nitrogen and oxygen atoms in total. The first kappa shape index (κ1) is 31.4. The van der Waals surface area contributed by atoms with E-state index in [1.54, 1.807) is 0 Å². The molecule has 0 saturated carbocycles. The molecule has 15 heteroatoms. The van der Waals surface area contributed by atoms with Gasteiger partial charge in [0, 0.05) is 16.7 Å². The van der Waals surface area contributed by atoms with Gasteiger partial charge in [0.25, 0.3) is 5.91 Å². The molecule has 0 fully saturated rings. The van der Waals surface area contributed by atoms with E-state index in [2.05, 4.69) is 15.3 Å². The highest BCUT2D eigenvalue weighted by Gasteiger charge is 2.57. The Morgan fingerprint density at radius 2 is 1.95 bits per heavy atom. The number of amides is 2. The Labute approximate surface area is 257 Å². The number of thiazole rings is 1. The van der Waals surface area contributed by atoms with Gasteiger partial charge in [-0.2, -0.15) is 13.2 Å². The van der Waals surface area contributed by atoms with Crippen molar-refractivity contribution in [1.29, 1.82) is 0 Å². The summed E-state index contributed by atoms with van der Waals surface area (Å²) in [4.78, 5) is 34.1. The lowest BCUT2D eigenvalue weighted by atomic mass is 9.81. The molecule has 4 aromatic rings. The fraction of sp³-hybridized carbons (Fsp3) is 0.310. The van der Waals surface area contributed by atoms with Crippen LogP contribution < -0.4 is 20.5 Å². The van der Waals surface area contributed by atoms with Gasteiger partial charge < -0.3 is 25.6 Å². The Bertz CT molecular complexity index is 1820. The molecule has 3 heterocycles. The van der Waals surface area contributed by atoms with E-state index in [9.17, 15) is 32.3 Å². The minimum atomic E-state index is -5.38. The lowest BCUT2D eigenvalue weighted by Crippen LogP contribution is -2.51. The number of carbonyl (C=O) groups is 2. The molecular weight excluding hydrogens is 628 g/mol. The number of hydrogen-bond acceptors (Lipinski definition) is 8. The molecular formula is C29H25ClF4N4O5S. The van der Waals surface area contributed by atoms with E-state index in [0.29, 0.717) is 16.6 Å². The third-order valence-corrected chi connectivity index (χ3v) is 8.93. The number of alkyl halides is 3. The summed E-state index contributed by atoms with van der Waals surface area (Å²) in [6.45, 7) is 1.58. The normalized spacial score (nSPS) is 17.6. The molecule has 4 N–H and O–H groups in total. The van der Waals surface area contributed by atoms with Gasteiger partial charge >= 0.3 is 6.18 Å². The zero-order valence-electron chi connectivity index (χ0n) is 23.4. The molecule has 2 amide bonds. The predicted molar refractivity (Wildman–Crippen MR) is 155 cm³/mol. The maximum absolute atomic E-state index is 14.7. The van der Waals surface area contributed by atoms with E-state index >= 15 is 0 Å². The minimum absolute atomic E-state index is 0.0246. The number of pyridine rings is 1. The fourth-order valence-electron chi connectivity index (χ4n) is 4.77. The van der Waals surface area contributed by atoms with Gasteiger partial charge in [-0.3, -0.25) is 9.59 Å². The standard InChI is InChI=1S/C29H25ClF4N4O5S/c1-4-21-38-23-18(42-3)8-14(9-19(23)44-21)25(39)36-11-28(41,29(32,33)34)20-10-15-24(43-12-27(15,2)26(35)40)22(37-20)13-5-6-17(31)16(30)7-13/h5-10,41H,4,11-12H2,1-3H3,(H2,35,40)(H,36,39)/t27-,28-/m0/s1. The number of rotatable bonds is 8. The first-order chi connectivity index (χ1) is 20.6.